The number of rotatable bonds is 2. The predicted molar refractivity (Wildman–Crippen MR) is 59.3 cm³/mol. The molecule has 3 N–H and O–H groups in total. The summed E-state index contributed by atoms with van der Waals surface area (Å²) in [5.74, 6) is 0.606. The van der Waals surface area contributed by atoms with Crippen molar-refractivity contribution >= 4 is 0 Å². The molecule has 14 heavy (non-hydrogen) atoms. The molecule has 2 nitrogen and oxygen atoms in total. The lowest BCUT2D eigenvalue weighted by Gasteiger charge is -2.32. The standard InChI is InChI=1S/C12H18N2/c13-9-12-11(7-4-8-14-12)10-5-2-1-3-6-10/h1-3,5-6,11-12,14H,4,7-9,13H2/t11-,12+/m1/s1. The minimum Gasteiger partial charge on any atom is -0.329 e. The molecule has 1 fully saturated rings. The number of piperidine rings is 1. The zero-order valence-electron chi connectivity index (χ0n) is 8.45. The van der Waals surface area contributed by atoms with Gasteiger partial charge in [-0.3, -0.25) is 0 Å². The van der Waals surface area contributed by atoms with Gasteiger partial charge in [0.25, 0.3) is 0 Å². The normalized spacial score (nSPS) is 27.5. The second kappa shape index (κ2) is 4.58. The molecule has 0 radical (unpaired) electrons. The van der Waals surface area contributed by atoms with E-state index in [2.05, 4.69) is 35.6 Å². The summed E-state index contributed by atoms with van der Waals surface area (Å²) in [7, 11) is 0. The van der Waals surface area contributed by atoms with Crippen LogP contribution in [0.25, 0.3) is 0 Å². The SMILES string of the molecule is NC[C@@H]1NCCC[C@@H]1c1ccccc1. The van der Waals surface area contributed by atoms with Crippen molar-refractivity contribution in [3.05, 3.63) is 35.9 Å². The Morgan fingerprint density at radius 3 is 2.79 bits per heavy atom. The molecule has 0 spiro atoms. The Morgan fingerprint density at radius 1 is 1.29 bits per heavy atom. The van der Waals surface area contributed by atoms with Gasteiger partial charge in [-0.1, -0.05) is 30.3 Å². The van der Waals surface area contributed by atoms with Gasteiger partial charge in [0.05, 0.1) is 0 Å². The molecule has 1 aliphatic rings. The van der Waals surface area contributed by atoms with E-state index < -0.39 is 0 Å². The lowest BCUT2D eigenvalue weighted by molar-refractivity contribution is 0.356. The van der Waals surface area contributed by atoms with E-state index in [1.54, 1.807) is 0 Å². The molecule has 0 bridgehead atoms. The van der Waals surface area contributed by atoms with Gasteiger partial charge in [0.15, 0.2) is 0 Å². The minimum atomic E-state index is 0.464. The van der Waals surface area contributed by atoms with Crippen molar-refractivity contribution in [3.8, 4) is 0 Å². The van der Waals surface area contributed by atoms with Gasteiger partial charge >= 0.3 is 0 Å². The van der Waals surface area contributed by atoms with E-state index in [4.69, 9.17) is 5.73 Å². The maximum atomic E-state index is 5.77. The first kappa shape index (κ1) is 9.69. The molecule has 1 aromatic rings. The summed E-state index contributed by atoms with van der Waals surface area (Å²) in [5, 5.41) is 3.49. The van der Waals surface area contributed by atoms with Gasteiger partial charge in [-0.2, -0.15) is 0 Å². The molecule has 2 rings (SSSR count). The summed E-state index contributed by atoms with van der Waals surface area (Å²) in [5.41, 5.74) is 7.19. The first-order chi connectivity index (χ1) is 6.92. The monoisotopic (exact) mass is 190 g/mol. The second-order valence-corrected chi connectivity index (χ2v) is 3.96. The molecule has 0 aliphatic carbocycles. The molecule has 0 amide bonds. The van der Waals surface area contributed by atoms with Crippen molar-refractivity contribution in [1.82, 2.24) is 5.32 Å². The highest BCUT2D eigenvalue weighted by Crippen LogP contribution is 2.27. The lowest BCUT2D eigenvalue weighted by atomic mass is 9.85. The Bertz CT molecular complexity index is 271. The van der Waals surface area contributed by atoms with Crippen LogP contribution in [0.4, 0.5) is 0 Å². The molecule has 0 aromatic heterocycles. The topological polar surface area (TPSA) is 38.0 Å². The molecule has 0 unspecified atom stereocenters. The highest BCUT2D eigenvalue weighted by Gasteiger charge is 2.24. The van der Waals surface area contributed by atoms with Gasteiger partial charge in [-0.05, 0) is 24.9 Å². The fraction of sp³-hybridized carbons (Fsp3) is 0.500. The Labute approximate surface area is 85.5 Å². The van der Waals surface area contributed by atoms with Crippen LogP contribution in [-0.4, -0.2) is 19.1 Å². The molecule has 2 heteroatoms. The summed E-state index contributed by atoms with van der Waals surface area (Å²) in [6, 6.07) is 11.2. The molecule has 1 aromatic carbocycles. The fourth-order valence-electron chi connectivity index (χ4n) is 2.30. The largest absolute Gasteiger partial charge is 0.329 e. The van der Waals surface area contributed by atoms with E-state index in [0.29, 0.717) is 12.0 Å². The van der Waals surface area contributed by atoms with Crippen LogP contribution in [0.2, 0.25) is 0 Å². The first-order valence-electron chi connectivity index (χ1n) is 5.40. The maximum absolute atomic E-state index is 5.77. The van der Waals surface area contributed by atoms with Crippen molar-refractivity contribution in [3.63, 3.8) is 0 Å². The second-order valence-electron chi connectivity index (χ2n) is 3.96. The van der Waals surface area contributed by atoms with Crippen molar-refractivity contribution in [2.24, 2.45) is 5.73 Å². The van der Waals surface area contributed by atoms with E-state index in [0.717, 1.165) is 13.1 Å². The highest BCUT2D eigenvalue weighted by atomic mass is 14.9. The summed E-state index contributed by atoms with van der Waals surface area (Å²) >= 11 is 0. The van der Waals surface area contributed by atoms with Crippen LogP contribution in [-0.2, 0) is 0 Å². The smallest absolute Gasteiger partial charge is 0.0258 e. The summed E-state index contributed by atoms with van der Waals surface area (Å²) in [4.78, 5) is 0. The molecular formula is C12H18N2. The third-order valence-electron chi connectivity index (χ3n) is 3.07. The molecule has 76 valence electrons. The van der Waals surface area contributed by atoms with Crippen LogP contribution in [0.3, 0.4) is 0 Å². The Hall–Kier alpha value is -0.860. The van der Waals surface area contributed by atoms with E-state index in [9.17, 15) is 0 Å². The van der Waals surface area contributed by atoms with Crippen molar-refractivity contribution in [1.29, 1.82) is 0 Å². The van der Waals surface area contributed by atoms with Crippen LogP contribution < -0.4 is 11.1 Å². The summed E-state index contributed by atoms with van der Waals surface area (Å²) in [6.07, 6.45) is 2.52. The number of hydrogen-bond donors (Lipinski definition) is 2. The van der Waals surface area contributed by atoms with Crippen molar-refractivity contribution in [2.45, 2.75) is 24.8 Å². The summed E-state index contributed by atoms with van der Waals surface area (Å²) in [6.45, 7) is 1.85. The molecular weight excluding hydrogens is 172 g/mol. The van der Waals surface area contributed by atoms with Gasteiger partial charge < -0.3 is 11.1 Å². The third-order valence-corrected chi connectivity index (χ3v) is 3.07. The number of nitrogens with two attached hydrogens (primary N) is 1. The van der Waals surface area contributed by atoms with Gasteiger partial charge in [-0.15, -0.1) is 0 Å². The quantitative estimate of drug-likeness (QED) is 0.741. The highest BCUT2D eigenvalue weighted by molar-refractivity contribution is 5.22. The van der Waals surface area contributed by atoms with Gasteiger partial charge in [0.2, 0.25) is 0 Å². The first-order valence-corrected chi connectivity index (χ1v) is 5.40. The molecule has 1 saturated heterocycles. The molecule has 1 aliphatic heterocycles. The molecule has 2 atom stereocenters. The number of benzene rings is 1. The summed E-state index contributed by atoms with van der Waals surface area (Å²) < 4.78 is 0. The van der Waals surface area contributed by atoms with Crippen LogP contribution in [0.5, 0.6) is 0 Å². The average Bonchev–Trinajstić information content (AvgIpc) is 2.30. The van der Waals surface area contributed by atoms with Crippen molar-refractivity contribution < 1.29 is 0 Å². The average molecular weight is 190 g/mol. The Morgan fingerprint density at radius 2 is 2.07 bits per heavy atom. The zero-order chi connectivity index (χ0) is 9.80. The van der Waals surface area contributed by atoms with Gasteiger partial charge in [0.1, 0.15) is 0 Å². The van der Waals surface area contributed by atoms with E-state index in [1.165, 1.54) is 18.4 Å². The lowest BCUT2D eigenvalue weighted by Crippen LogP contribution is -2.44. The third kappa shape index (κ3) is 1.97. The Kier molecular flexibility index (Phi) is 3.17. The van der Waals surface area contributed by atoms with Gasteiger partial charge in [-0.25, -0.2) is 0 Å². The van der Waals surface area contributed by atoms with E-state index in [-0.39, 0.29) is 0 Å². The van der Waals surface area contributed by atoms with E-state index >= 15 is 0 Å². The van der Waals surface area contributed by atoms with Crippen LogP contribution >= 0.6 is 0 Å². The molecule has 1 heterocycles. The van der Waals surface area contributed by atoms with Gasteiger partial charge in [0, 0.05) is 18.5 Å². The van der Waals surface area contributed by atoms with E-state index in [1.807, 2.05) is 0 Å². The van der Waals surface area contributed by atoms with Crippen LogP contribution in [0, 0.1) is 0 Å². The number of hydrogen-bond acceptors (Lipinski definition) is 2. The predicted octanol–water partition coefficient (Wildman–Crippen LogP) is 1.48. The Balaban J connectivity index is 2.15. The fourth-order valence-corrected chi connectivity index (χ4v) is 2.30. The van der Waals surface area contributed by atoms with Crippen LogP contribution in [0.15, 0.2) is 30.3 Å². The number of nitrogens with one attached hydrogen (secondary N) is 1. The minimum absolute atomic E-state index is 0.464. The maximum Gasteiger partial charge on any atom is 0.0258 e. The zero-order valence-corrected chi connectivity index (χ0v) is 8.45. The van der Waals surface area contributed by atoms with Crippen molar-refractivity contribution in [2.75, 3.05) is 13.1 Å². The van der Waals surface area contributed by atoms with Crippen LogP contribution in [0.1, 0.15) is 24.3 Å². The molecule has 0 saturated carbocycles.